The van der Waals surface area contributed by atoms with Crippen LogP contribution in [0, 0.1) is 11.3 Å². The molecule has 1 atom stereocenters. The van der Waals surface area contributed by atoms with Gasteiger partial charge in [-0.25, -0.2) is 0 Å². The van der Waals surface area contributed by atoms with E-state index < -0.39 is 5.25 Å². The van der Waals surface area contributed by atoms with E-state index >= 15 is 0 Å². The van der Waals surface area contributed by atoms with Crippen LogP contribution in [0.25, 0.3) is 17.1 Å². The number of ether oxygens (including phenoxy) is 2. The number of carbonyl (C=O) groups is 1. The van der Waals surface area contributed by atoms with Gasteiger partial charge in [-0.15, -0.1) is 21.5 Å². The average Bonchev–Trinajstić information content (AvgIpc) is 3.58. The Morgan fingerprint density at radius 2 is 2.00 bits per heavy atom. The normalized spacial score (nSPS) is 12.8. The Hall–Kier alpha value is -3.81. The van der Waals surface area contributed by atoms with Gasteiger partial charge in [0.2, 0.25) is 12.7 Å². The van der Waals surface area contributed by atoms with E-state index in [1.807, 2.05) is 53.1 Å². The van der Waals surface area contributed by atoms with Gasteiger partial charge in [0.15, 0.2) is 22.5 Å². The van der Waals surface area contributed by atoms with Crippen LogP contribution in [0.2, 0.25) is 0 Å². The lowest BCUT2D eigenvalue weighted by atomic mass is 10.2. The van der Waals surface area contributed by atoms with Crippen molar-refractivity contribution in [3.63, 3.8) is 0 Å². The first kappa shape index (κ1) is 21.1. The smallest absolute Gasteiger partial charge is 0.238 e. The number of fused-ring (bicyclic) bond motifs is 1. The van der Waals surface area contributed by atoms with Crippen LogP contribution in [0.5, 0.6) is 11.5 Å². The van der Waals surface area contributed by atoms with Crippen molar-refractivity contribution in [2.45, 2.75) is 17.3 Å². The van der Waals surface area contributed by atoms with Crippen molar-refractivity contribution in [2.24, 2.45) is 0 Å². The molecule has 164 valence electrons. The van der Waals surface area contributed by atoms with Crippen LogP contribution in [0.15, 0.2) is 65.1 Å². The van der Waals surface area contributed by atoms with Crippen LogP contribution in [-0.4, -0.2) is 32.7 Å². The van der Waals surface area contributed by atoms with E-state index in [2.05, 4.69) is 21.6 Å². The van der Waals surface area contributed by atoms with E-state index in [1.165, 1.54) is 23.1 Å². The highest BCUT2D eigenvalue weighted by Crippen LogP contribution is 2.37. The molecule has 0 unspecified atom stereocenters. The second-order valence-electron chi connectivity index (χ2n) is 7.07. The molecule has 4 aromatic rings. The summed E-state index contributed by atoms with van der Waals surface area (Å²) in [5.41, 5.74) is 2.13. The molecule has 1 aliphatic heterocycles. The van der Waals surface area contributed by atoms with Crippen molar-refractivity contribution in [1.82, 2.24) is 14.8 Å². The highest BCUT2D eigenvalue weighted by atomic mass is 32.2. The SMILES string of the molecule is C[C@H](Sc1nnc(-c2ccc3c(c2)OCO3)n1-c1ccccc1)C(=O)Nc1sccc1C#N. The minimum Gasteiger partial charge on any atom is -0.454 e. The van der Waals surface area contributed by atoms with Gasteiger partial charge in [0, 0.05) is 11.3 Å². The van der Waals surface area contributed by atoms with Crippen molar-refractivity contribution in [3.05, 3.63) is 65.5 Å². The Morgan fingerprint density at radius 1 is 1.18 bits per heavy atom. The minimum atomic E-state index is -0.477. The molecule has 33 heavy (non-hydrogen) atoms. The van der Waals surface area contributed by atoms with Crippen molar-refractivity contribution in [3.8, 4) is 34.6 Å². The molecule has 0 spiro atoms. The Labute approximate surface area is 197 Å². The zero-order valence-corrected chi connectivity index (χ0v) is 19.0. The monoisotopic (exact) mass is 475 g/mol. The van der Waals surface area contributed by atoms with Crippen LogP contribution < -0.4 is 14.8 Å². The summed E-state index contributed by atoms with van der Waals surface area (Å²) >= 11 is 2.61. The number of thiophene rings is 1. The number of nitriles is 1. The van der Waals surface area contributed by atoms with Crippen LogP contribution in [0.3, 0.4) is 0 Å². The first-order chi connectivity index (χ1) is 16.1. The third kappa shape index (κ3) is 4.16. The second-order valence-corrected chi connectivity index (χ2v) is 9.29. The topological polar surface area (TPSA) is 102 Å². The van der Waals surface area contributed by atoms with E-state index in [4.69, 9.17) is 9.47 Å². The summed E-state index contributed by atoms with van der Waals surface area (Å²) in [5.74, 6) is 1.75. The third-order valence-electron chi connectivity index (χ3n) is 4.95. The van der Waals surface area contributed by atoms with Gasteiger partial charge in [0.25, 0.3) is 0 Å². The predicted octanol–water partition coefficient (Wildman–Crippen LogP) is 4.72. The number of hydrogen-bond donors (Lipinski definition) is 1. The Balaban J connectivity index is 1.46. The molecular weight excluding hydrogens is 458 g/mol. The summed E-state index contributed by atoms with van der Waals surface area (Å²) in [7, 11) is 0. The number of anilines is 1. The summed E-state index contributed by atoms with van der Waals surface area (Å²) in [6.45, 7) is 1.99. The minimum absolute atomic E-state index is 0.190. The van der Waals surface area contributed by atoms with Crippen LogP contribution in [0.1, 0.15) is 12.5 Å². The van der Waals surface area contributed by atoms with E-state index in [0.717, 1.165) is 11.3 Å². The fourth-order valence-corrected chi connectivity index (χ4v) is 4.91. The van der Waals surface area contributed by atoms with Crippen LogP contribution >= 0.6 is 23.1 Å². The van der Waals surface area contributed by atoms with Crippen molar-refractivity contribution >= 4 is 34.0 Å². The lowest BCUT2D eigenvalue weighted by Gasteiger charge is -2.14. The molecule has 0 saturated heterocycles. The fourth-order valence-electron chi connectivity index (χ4n) is 3.30. The number of hydrogen-bond acceptors (Lipinski definition) is 8. The molecule has 0 radical (unpaired) electrons. The van der Waals surface area contributed by atoms with Gasteiger partial charge in [-0.05, 0) is 48.7 Å². The highest BCUT2D eigenvalue weighted by Gasteiger charge is 2.24. The third-order valence-corrected chi connectivity index (χ3v) is 6.82. The zero-order chi connectivity index (χ0) is 22.8. The molecule has 10 heteroatoms. The molecule has 5 rings (SSSR count). The molecule has 2 aromatic carbocycles. The molecule has 3 heterocycles. The van der Waals surface area contributed by atoms with Crippen LogP contribution in [0.4, 0.5) is 5.00 Å². The fraction of sp³-hybridized carbons (Fsp3) is 0.130. The maximum atomic E-state index is 12.8. The molecule has 1 aliphatic rings. The van der Waals surface area contributed by atoms with Gasteiger partial charge >= 0.3 is 0 Å². The number of rotatable bonds is 6. The largest absolute Gasteiger partial charge is 0.454 e. The van der Waals surface area contributed by atoms with E-state index in [1.54, 1.807) is 18.4 Å². The van der Waals surface area contributed by atoms with Gasteiger partial charge in [0.05, 0.1) is 10.8 Å². The molecule has 0 fully saturated rings. The Morgan fingerprint density at radius 3 is 2.82 bits per heavy atom. The van der Waals surface area contributed by atoms with Gasteiger partial charge in [-0.2, -0.15) is 5.26 Å². The summed E-state index contributed by atoms with van der Waals surface area (Å²) < 4.78 is 12.8. The molecular formula is C23H17N5O3S2. The highest BCUT2D eigenvalue weighted by molar-refractivity contribution is 8.00. The number of carbonyl (C=O) groups excluding carboxylic acids is 1. The lowest BCUT2D eigenvalue weighted by Crippen LogP contribution is -2.22. The van der Waals surface area contributed by atoms with Gasteiger partial charge in [0.1, 0.15) is 11.1 Å². The van der Waals surface area contributed by atoms with Crippen LogP contribution in [-0.2, 0) is 4.79 Å². The number of benzene rings is 2. The van der Waals surface area contributed by atoms with E-state index in [-0.39, 0.29) is 12.7 Å². The maximum Gasteiger partial charge on any atom is 0.238 e. The average molecular weight is 476 g/mol. The van der Waals surface area contributed by atoms with E-state index in [9.17, 15) is 10.1 Å². The zero-order valence-electron chi connectivity index (χ0n) is 17.4. The van der Waals surface area contributed by atoms with Gasteiger partial charge in [-0.1, -0.05) is 30.0 Å². The maximum absolute atomic E-state index is 12.8. The molecule has 2 aromatic heterocycles. The molecule has 0 aliphatic carbocycles. The first-order valence-corrected chi connectivity index (χ1v) is 11.8. The molecule has 1 N–H and O–H groups in total. The second kappa shape index (κ2) is 8.97. The number of amides is 1. The first-order valence-electron chi connectivity index (χ1n) is 10.00. The summed E-state index contributed by atoms with van der Waals surface area (Å²) in [6.07, 6.45) is 0. The number of nitrogens with one attached hydrogen (secondary N) is 1. The number of nitrogens with zero attached hydrogens (tertiary/aromatic N) is 4. The lowest BCUT2D eigenvalue weighted by molar-refractivity contribution is -0.115. The number of para-hydroxylation sites is 1. The van der Waals surface area contributed by atoms with Gasteiger partial charge < -0.3 is 14.8 Å². The van der Waals surface area contributed by atoms with E-state index in [0.29, 0.717) is 33.0 Å². The number of thioether (sulfide) groups is 1. The van der Waals surface area contributed by atoms with Crippen molar-refractivity contribution in [1.29, 1.82) is 5.26 Å². The molecule has 0 saturated carbocycles. The summed E-state index contributed by atoms with van der Waals surface area (Å²) in [4.78, 5) is 12.8. The predicted molar refractivity (Wildman–Crippen MR) is 126 cm³/mol. The Bertz CT molecular complexity index is 1360. The van der Waals surface area contributed by atoms with Crippen molar-refractivity contribution < 1.29 is 14.3 Å². The summed E-state index contributed by atoms with van der Waals surface area (Å²) in [5, 5.41) is 23.3. The molecule has 8 nitrogen and oxygen atoms in total. The summed E-state index contributed by atoms with van der Waals surface area (Å²) in [6, 6.07) is 19.1. The number of aromatic nitrogens is 3. The molecule has 1 amide bonds. The molecule has 0 bridgehead atoms. The van der Waals surface area contributed by atoms with Gasteiger partial charge in [-0.3, -0.25) is 9.36 Å². The Kier molecular flexibility index (Phi) is 5.73. The quantitative estimate of drug-likeness (QED) is 0.403. The standard InChI is InChI=1S/C23H17N5O3S2/c1-14(21(29)25-22-16(12-24)9-10-32-22)33-23-27-26-20(28(23)17-5-3-2-4-6-17)15-7-8-18-19(11-15)31-13-30-18/h2-11,14H,13H2,1H3,(H,25,29)/t14-/m0/s1. The van der Waals surface area contributed by atoms with Crippen molar-refractivity contribution in [2.75, 3.05) is 12.1 Å².